The Morgan fingerprint density at radius 1 is 1.03 bits per heavy atom. The molecule has 160 valence electrons. The SMILES string of the molecule is COc1cc2c(cc1OC)CN(C(=O)CN(C)CC(=O)Nc1ccc(C)cc1)CC2. The Morgan fingerprint density at radius 2 is 1.67 bits per heavy atom. The third-order valence-corrected chi connectivity index (χ3v) is 5.22. The van der Waals surface area contributed by atoms with Crippen LogP contribution < -0.4 is 14.8 Å². The molecule has 7 nitrogen and oxygen atoms in total. The van der Waals surface area contributed by atoms with E-state index in [0.717, 1.165) is 23.2 Å². The molecule has 7 heteroatoms. The third-order valence-electron chi connectivity index (χ3n) is 5.22. The van der Waals surface area contributed by atoms with Crippen molar-refractivity contribution in [3.05, 3.63) is 53.1 Å². The predicted molar refractivity (Wildman–Crippen MR) is 116 cm³/mol. The number of carbonyl (C=O) groups excluding carboxylic acids is 2. The number of anilines is 1. The average molecular weight is 412 g/mol. The van der Waals surface area contributed by atoms with Gasteiger partial charge in [-0.25, -0.2) is 0 Å². The Kier molecular flexibility index (Phi) is 6.95. The second-order valence-electron chi connectivity index (χ2n) is 7.63. The molecule has 0 aromatic heterocycles. The van der Waals surface area contributed by atoms with Crippen LogP contribution in [0, 0.1) is 6.92 Å². The van der Waals surface area contributed by atoms with E-state index in [1.165, 1.54) is 5.56 Å². The topological polar surface area (TPSA) is 71.1 Å². The number of nitrogens with one attached hydrogen (secondary N) is 1. The summed E-state index contributed by atoms with van der Waals surface area (Å²) < 4.78 is 10.7. The second-order valence-corrected chi connectivity index (χ2v) is 7.63. The summed E-state index contributed by atoms with van der Waals surface area (Å²) in [6.45, 7) is 3.50. The molecule has 0 fully saturated rings. The normalized spacial score (nSPS) is 13.0. The lowest BCUT2D eigenvalue weighted by molar-refractivity contribution is -0.133. The van der Waals surface area contributed by atoms with Crippen LogP contribution in [0.25, 0.3) is 0 Å². The molecule has 1 aliphatic rings. The van der Waals surface area contributed by atoms with Crippen LogP contribution in [0.3, 0.4) is 0 Å². The minimum absolute atomic E-state index is 0.000991. The molecule has 1 heterocycles. The molecule has 2 aromatic rings. The van der Waals surface area contributed by atoms with E-state index in [4.69, 9.17) is 9.47 Å². The van der Waals surface area contributed by atoms with Crippen molar-refractivity contribution in [3.8, 4) is 11.5 Å². The van der Waals surface area contributed by atoms with Crippen LogP contribution >= 0.6 is 0 Å². The summed E-state index contributed by atoms with van der Waals surface area (Å²) in [5.41, 5.74) is 4.12. The van der Waals surface area contributed by atoms with Crippen LogP contribution in [-0.4, -0.2) is 62.5 Å². The largest absolute Gasteiger partial charge is 0.493 e. The zero-order valence-corrected chi connectivity index (χ0v) is 18.0. The van der Waals surface area contributed by atoms with Gasteiger partial charge in [-0.3, -0.25) is 14.5 Å². The highest BCUT2D eigenvalue weighted by molar-refractivity contribution is 5.92. The monoisotopic (exact) mass is 411 g/mol. The van der Waals surface area contributed by atoms with Crippen molar-refractivity contribution in [2.75, 3.05) is 46.2 Å². The molecule has 0 saturated heterocycles. The quantitative estimate of drug-likeness (QED) is 0.758. The molecule has 0 radical (unpaired) electrons. The highest BCUT2D eigenvalue weighted by atomic mass is 16.5. The van der Waals surface area contributed by atoms with E-state index in [-0.39, 0.29) is 24.9 Å². The van der Waals surface area contributed by atoms with E-state index in [1.807, 2.05) is 48.2 Å². The number of amides is 2. The number of hydrogen-bond donors (Lipinski definition) is 1. The molecule has 0 atom stereocenters. The Hall–Kier alpha value is -3.06. The first-order chi connectivity index (χ1) is 14.4. The zero-order valence-electron chi connectivity index (χ0n) is 18.0. The fraction of sp³-hybridized carbons (Fsp3) is 0.391. The lowest BCUT2D eigenvalue weighted by Crippen LogP contribution is -2.43. The number of nitrogens with zero attached hydrogens (tertiary/aromatic N) is 2. The summed E-state index contributed by atoms with van der Waals surface area (Å²) in [5, 5.41) is 2.86. The number of ether oxygens (including phenoxy) is 2. The van der Waals surface area contributed by atoms with Crippen molar-refractivity contribution in [2.45, 2.75) is 19.9 Å². The van der Waals surface area contributed by atoms with Crippen molar-refractivity contribution < 1.29 is 19.1 Å². The van der Waals surface area contributed by atoms with Gasteiger partial charge in [0.1, 0.15) is 0 Å². The average Bonchev–Trinajstić information content (AvgIpc) is 2.73. The summed E-state index contributed by atoms with van der Waals surface area (Å²) in [7, 11) is 5.00. The summed E-state index contributed by atoms with van der Waals surface area (Å²) in [6, 6.07) is 11.5. The fourth-order valence-corrected chi connectivity index (χ4v) is 3.57. The van der Waals surface area contributed by atoms with Gasteiger partial charge in [-0.2, -0.15) is 0 Å². The molecular formula is C23H29N3O4. The number of hydrogen-bond acceptors (Lipinski definition) is 5. The first-order valence-electron chi connectivity index (χ1n) is 9.96. The predicted octanol–water partition coefficient (Wildman–Crippen LogP) is 2.47. The number of rotatable bonds is 7. The molecule has 0 spiro atoms. The highest BCUT2D eigenvalue weighted by Crippen LogP contribution is 2.33. The van der Waals surface area contributed by atoms with Crippen molar-refractivity contribution in [1.29, 1.82) is 0 Å². The zero-order chi connectivity index (χ0) is 21.7. The van der Waals surface area contributed by atoms with Gasteiger partial charge in [0, 0.05) is 18.8 Å². The Balaban J connectivity index is 1.54. The van der Waals surface area contributed by atoms with Gasteiger partial charge < -0.3 is 19.7 Å². The van der Waals surface area contributed by atoms with Gasteiger partial charge in [-0.05, 0) is 55.8 Å². The fourth-order valence-electron chi connectivity index (χ4n) is 3.57. The van der Waals surface area contributed by atoms with Gasteiger partial charge in [0.25, 0.3) is 0 Å². The van der Waals surface area contributed by atoms with Gasteiger partial charge in [0.15, 0.2) is 11.5 Å². The molecule has 0 unspecified atom stereocenters. The molecule has 3 rings (SSSR count). The molecule has 2 aromatic carbocycles. The van der Waals surface area contributed by atoms with Crippen molar-refractivity contribution in [1.82, 2.24) is 9.80 Å². The molecule has 0 aliphatic carbocycles. The number of carbonyl (C=O) groups is 2. The molecule has 2 amide bonds. The maximum absolute atomic E-state index is 12.8. The molecule has 1 aliphatic heterocycles. The first-order valence-corrected chi connectivity index (χ1v) is 9.96. The summed E-state index contributed by atoms with van der Waals surface area (Å²) in [4.78, 5) is 28.6. The van der Waals surface area contributed by atoms with E-state index in [9.17, 15) is 9.59 Å². The van der Waals surface area contributed by atoms with E-state index in [2.05, 4.69) is 5.32 Å². The van der Waals surface area contributed by atoms with Gasteiger partial charge in [-0.15, -0.1) is 0 Å². The Morgan fingerprint density at radius 3 is 2.30 bits per heavy atom. The van der Waals surface area contributed by atoms with E-state index >= 15 is 0 Å². The van der Waals surface area contributed by atoms with Crippen LogP contribution in [0.4, 0.5) is 5.69 Å². The standard InChI is InChI=1S/C23H29N3O4/c1-16-5-7-19(8-6-16)24-22(27)14-25(2)15-23(28)26-10-9-17-11-20(29-3)21(30-4)12-18(17)13-26/h5-8,11-12H,9-10,13-15H2,1-4H3,(H,24,27). The van der Waals surface area contributed by atoms with Gasteiger partial charge in [0.2, 0.25) is 11.8 Å². The Labute approximate surface area is 177 Å². The highest BCUT2D eigenvalue weighted by Gasteiger charge is 2.24. The van der Waals surface area contributed by atoms with E-state index in [1.54, 1.807) is 26.2 Å². The number of likely N-dealkylation sites (N-methyl/N-ethyl adjacent to an activating group) is 1. The van der Waals surface area contributed by atoms with Gasteiger partial charge in [0.05, 0.1) is 27.3 Å². The van der Waals surface area contributed by atoms with Crippen molar-refractivity contribution >= 4 is 17.5 Å². The van der Waals surface area contributed by atoms with Crippen LogP contribution in [0.15, 0.2) is 36.4 Å². The summed E-state index contributed by atoms with van der Waals surface area (Å²) in [5.74, 6) is 1.22. The number of benzene rings is 2. The lowest BCUT2D eigenvalue weighted by Gasteiger charge is -2.31. The van der Waals surface area contributed by atoms with E-state index < -0.39 is 0 Å². The maximum atomic E-state index is 12.8. The molecular weight excluding hydrogens is 382 g/mol. The lowest BCUT2D eigenvalue weighted by atomic mass is 9.98. The minimum atomic E-state index is -0.144. The maximum Gasteiger partial charge on any atom is 0.238 e. The molecule has 0 bridgehead atoms. The van der Waals surface area contributed by atoms with Gasteiger partial charge in [-0.1, -0.05) is 17.7 Å². The molecule has 0 saturated carbocycles. The molecule has 1 N–H and O–H groups in total. The van der Waals surface area contributed by atoms with Crippen molar-refractivity contribution in [2.24, 2.45) is 0 Å². The van der Waals surface area contributed by atoms with Crippen LogP contribution in [0.2, 0.25) is 0 Å². The summed E-state index contributed by atoms with van der Waals surface area (Å²) >= 11 is 0. The minimum Gasteiger partial charge on any atom is -0.493 e. The summed E-state index contributed by atoms with van der Waals surface area (Å²) in [6.07, 6.45) is 0.763. The molecule has 30 heavy (non-hydrogen) atoms. The Bertz CT molecular complexity index is 911. The second kappa shape index (κ2) is 9.63. The van der Waals surface area contributed by atoms with Crippen LogP contribution in [0.1, 0.15) is 16.7 Å². The third kappa shape index (κ3) is 5.30. The van der Waals surface area contributed by atoms with Gasteiger partial charge >= 0.3 is 0 Å². The number of aryl methyl sites for hydroxylation is 1. The first kappa shape index (κ1) is 21.6. The van der Waals surface area contributed by atoms with E-state index in [0.29, 0.717) is 24.6 Å². The van der Waals surface area contributed by atoms with Crippen LogP contribution in [0.5, 0.6) is 11.5 Å². The smallest absolute Gasteiger partial charge is 0.238 e. The van der Waals surface area contributed by atoms with Crippen molar-refractivity contribution in [3.63, 3.8) is 0 Å². The number of methoxy groups -OCH3 is 2. The number of fused-ring (bicyclic) bond motifs is 1. The van der Waals surface area contributed by atoms with Crippen LogP contribution in [-0.2, 0) is 22.6 Å².